The number of rotatable bonds is 8. The van der Waals surface area contributed by atoms with E-state index in [1.165, 1.54) is 0 Å². The van der Waals surface area contributed by atoms with Gasteiger partial charge in [-0.2, -0.15) is 0 Å². The smallest absolute Gasteiger partial charge is 0.321 e. The van der Waals surface area contributed by atoms with Gasteiger partial charge in [-0.05, 0) is 62.9 Å². The zero-order valence-corrected chi connectivity index (χ0v) is 19.4. The minimum absolute atomic E-state index is 0.0101. The van der Waals surface area contributed by atoms with Crippen molar-refractivity contribution in [1.82, 2.24) is 15.5 Å². The van der Waals surface area contributed by atoms with Crippen molar-refractivity contribution in [3.8, 4) is 5.75 Å². The molecule has 1 fully saturated rings. The summed E-state index contributed by atoms with van der Waals surface area (Å²) in [6, 6.07) is 15.8. The summed E-state index contributed by atoms with van der Waals surface area (Å²) in [7, 11) is 0. The van der Waals surface area contributed by atoms with E-state index >= 15 is 0 Å². The van der Waals surface area contributed by atoms with E-state index < -0.39 is 0 Å². The summed E-state index contributed by atoms with van der Waals surface area (Å²) in [6.45, 7) is 9.70. The summed E-state index contributed by atoms with van der Waals surface area (Å²) in [5, 5.41) is 9.62. The standard InChI is InChI=1S/C25H35N5O2/c1-4-26-24(27-17-20(3)32-23-13-6-5-10-19(23)2)28-18-21-11-9-12-22(16-21)29-25(31)30-14-7-8-15-30/h5-6,9-13,16,20H,4,7-8,14-15,17-18H2,1-3H3,(H,29,31)(H2,26,27,28). The summed E-state index contributed by atoms with van der Waals surface area (Å²) < 4.78 is 6.04. The lowest BCUT2D eigenvalue weighted by Gasteiger charge is -2.19. The van der Waals surface area contributed by atoms with Gasteiger partial charge in [0.2, 0.25) is 0 Å². The van der Waals surface area contributed by atoms with Crippen LogP contribution in [0.25, 0.3) is 0 Å². The molecule has 172 valence electrons. The Morgan fingerprint density at radius 2 is 1.91 bits per heavy atom. The Morgan fingerprint density at radius 1 is 1.12 bits per heavy atom. The molecule has 0 spiro atoms. The van der Waals surface area contributed by atoms with Gasteiger partial charge in [0.25, 0.3) is 0 Å². The Labute approximate surface area is 191 Å². The van der Waals surface area contributed by atoms with Gasteiger partial charge in [-0.3, -0.25) is 0 Å². The molecule has 1 aliphatic heterocycles. The van der Waals surface area contributed by atoms with Gasteiger partial charge in [0, 0.05) is 25.3 Å². The summed E-state index contributed by atoms with van der Waals surface area (Å²) in [4.78, 5) is 18.9. The third kappa shape index (κ3) is 7.18. The molecular weight excluding hydrogens is 402 g/mol. The highest BCUT2D eigenvalue weighted by Gasteiger charge is 2.17. The Kier molecular flexibility index (Phi) is 8.78. The highest BCUT2D eigenvalue weighted by Crippen LogP contribution is 2.17. The molecule has 1 aliphatic rings. The maximum absolute atomic E-state index is 12.3. The van der Waals surface area contributed by atoms with Crippen LogP contribution in [0.3, 0.4) is 0 Å². The zero-order chi connectivity index (χ0) is 22.8. The first-order valence-electron chi connectivity index (χ1n) is 11.4. The number of aryl methyl sites for hydroxylation is 1. The number of ether oxygens (including phenoxy) is 1. The van der Waals surface area contributed by atoms with E-state index in [1.54, 1.807) is 0 Å². The number of guanidine groups is 1. The molecule has 0 bridgehead atoms. The first-order chi connectivity index (χ1) is 15.5. The van der Waals surface area contributed by atoms with Crippen molar-refractivity contribution >= 4 is 17.7 Å². The predicted octanol–water partition coefficient (Wildman–Crippen LogP) is 4.15. The highest BCUT2D eigenvalue weighted by molar-refractivity contribution is 5.89. The third-order valence-electron chi connectivity index (χ3n) is 5.31. The number of aliphatic imine (C=N–C) groups is 1. The molecule has 2 amide bonds. The highest BCUT2D eigenvalue weighted by atomic mass is 16.5. The number of hydrogen-bond acceptors (Lipinski definition) is 3. The minimum Gasteiger partial charge on any atom is -0.489 e. The number of likely N-dealkylation sites (tertiary alicyclic amines) is 1. The Balaban J connectivity index is 1.53. The van der Waals surface area contributed by atoms with Crippen molar-refractivity contribution < 1.29 is 9.53 Å². The van der Waals surface area contributed by atoms with E-state index in [1.807, 2.05) is 74.2 Å². The Hall–Kier alpha value is -3.22. The fraction of sp³-hybridized carbons (Fsp3) is 0.440. The van der Waals surface area contributed by atoms with Crippen LogP contribution in [0.4, 0.5) is 10.5 Å². The fourth-order valence-corrected chi connectivity index (χ4v) is 3.57. The SMILES string of the molecule is CCNC(=NCc1cccc(NC(=O)N2CCCC2)c1)NCC(C)Oc1ccccc1C. The molecule has 2 aromatic rings. The number of urea groups is 1. The van der Waals surface area contributed by atoms with Gasteiger partial charge < -0.3 is 25.6 Å². The second-order valence-electron chi connectivity index (χ2n) is 8.09. The molecule has 1 heterocycles. The van der Waals surface area contributed by atoms with Crippen LogP contribution in [0.5, 0.6) is 5.75 Å². The topological polar surface area (TPSA) is 78.0 Å². The van der Waals surface area contributed by atoms with E-state index in [4.69, 9.17) is 9.73 Å². The van der Waals surface area contributed by atoms with Gasteiger partial charge in [0.1, 0.15) is 11.9 Å². The van der Waals surface area contributed by atoms with Gasteiger partial charge in [0.05, 0.1) is 13.1 Å². The average Bonchev–Trinajstić information content (AvgIpc) is 3.33. The third-order valence-corrected chi connectivity index (χ3v) is 5.31. The van der Waals surface area contributed by atoms with Crippen LogP contribution >= 0.6 is 0 Å². The molecule has 32 heavy (non-hydrogen) atoms. The number of amides is 2. The van der Waals surface area contributed by atoms with Crippen molar-refractivity contribution in [2.75, 3.05) is 31.5 Å². The average molecular weight is 438 g/mol. The van der Waals surface area contributed by atoms with Gasteiger partial charge in [0.15, 0.2) is 5.96 Å². The van der Waals surface area contributed by atoms with Crippen molar-refractivity contribution in [3.05, 3.63) is 59.7 Å². The van der Waals surface area contributed by atoms with Crippen LogP contribution in [0.15, 0.2) is 53.5 Å². The monoisotopic (exact) mass is 437 g/mol. The number of nitrogens with one attached hydrogen (secondary N) is 3. The van der Waals surface area contributed by atoms with E-state index in [-0.39, 0.29) is 12.1 Å². The normalized spacial score (nSPS) is 14.7. The molecule has 7 heteroatoms. The summed E-state index contributed by atoms with van der Waals surface area (Å²) in [5.74, 6) is 1.63. The van der Waals surface area contributed by atoms with Gasteiger partial charge in [-0.25, -0.2) is 9.79 Å². The molecule has 1 atom stereocenters. The van der Waals surface area contributed by atoms with Gasteiger partial charge >= 0.3 is 6.03 Å². The molecule has 1 saturated heterocycles. The predicted molar refractivity (Wildman–Crippen MR) is 130 cm³/mol. The molecule has 0 aromatic heterocycles. The molecule has 3 N–H and O–H groups in total. The van der Waals surface area contributed by atoms with E-state index in [0.29, 0.717) is 13.1 Å². The molecule has 3 rings (SSSR count). The Morgan fingerprint density at radius 3 is 2.66 bits per heavy atom. The summed E-state index contributed by atoms with van der Waals surface area (Å²) in [6.07, 6.45) is 2.15. The fourth-order valence-electron chi connectivity index (χ4n) is 3.57. The van der Waals surface area contributed by atoms with Crippen LogP contribution < -0.4 is 20.7 Å². The number of anilines is 1. The van der Waals surface area contributed by atoms with Gasteiger partial charge in [-0.1, -0.05) is 30.3 Å². The molecule has 1 unspecified atom stereocenters. The quantitative estimate of drug-likeness (QED) is 0.428. The second kappa shape index (κ2) is 12.0. The van der Waals surface area contributed by atoms with Crippen molar-refractivity contribution in [2.24, 2.45) is 4.99 Å². The molecule has 2 aromatic carbocycles. The molecule has 0 saturated carbocycles. The molecule has 0 radical (unpaired) electrons. The maximum Gasteiger partial charge on any atom is 0.321 e. The summed E-state index contributed by atoms with van der Waals surface area (Å²) >= 11 is 0. The van der Waals surface area contributed by atoms with Gasteiger partial charge in [-0.15, -0.1) is 0 Å². The lowest BCUT2D eigenvalue weighted by atomic mass is 10.2. The largest absolute Gasteiger partial charge is 0.489 e. The number of nitrogens with zero attached hydrogens (tertiary/aromatic N) is 2. The number of hydrogen-bond donors (Lipinski definition) is 3. The summed E-state index contributed by atoms with van der Waals surface area (Å²) in [5.41, 5.74) is 2.95. The zero-order valence-electron chi connectivity index (χ0n) is 19.4. The number of carbonyl (C=O) groups excluding carboxylic acids is 1. The first-order valence-corrected chi connectivity index (χ1v) is 11.4. The first kappa shape index (κ1) is 23.4. The van der Waals surface area contributed by atoms with E-state index in [0.717, 1.165) is 61.0 Å². The molecule has 0 aliphatic carbocycles. The molecular formula is C25H35N5O2. The number of carbonyl (C=O) groups is 1. The van der Waals surface area contributed by atoms with Crippen molar-refractivity contribution in [2.45, 2.75) is 46.3 Å². The van der Waals surface area contributed by atoms with Crippen molar-refractivity contribution in [3.63, 3.8) is 0 Å². The van der Waals surface area contributed by atoms with Crippen LogP contribution in [0, 0.1) is 6.92 Å². The molecule has 7 nitrogen and oxygen atoms in total. The minimum atomic E-state index is -0.0270. The second-order valence-corrected chi connectivity index (χ2v) is 8.09. The maximum atomic E-state index is 12.3. The lowest BCUT2D eigenvalue weighted by molar-refractivity contribution is 0.222. The Bertz CT molecular complexity index is 909. The van der Waals surface area contributed by atoms with Crippen LogP contribution in [0.1, 0.15) is 37.8 Å². The van der Waals surface area contributed by atoms with Crippen LogP contribution in [0.2, 0.25) is 0 Å². The number of para-hydroxylation sites is 1. The van der Waals surface area contributed by atoms with E-state index in [9.17, 15) is 4.79 Å². The number of benzene rings is 2. The lowest BCUT2D eigenvalue weighted by Crippen LogP contribution is -2.41. The van der Waals surface area contributed by atoms with Crippen LogP contribution in [-0.2, 0) is 6.54 Å². The van der Waals surface area contributed by atoms with E-state index in [2.05, 4.69) is 16.0 Å². The van der Waals surface area contributed by atoms with Crippen molar-refractivity contribution in [1.29, 1.82) is 0 Å². The van der Waals surface area contributed by atoms with Crippen LogP contribution in [-0.4, -0.2) is 49.2 Å².